The summed E-state index contributed by atoms with van der Waals surface area (Å²) in [6.07, 6.45) is 3.03. The summed E-state index contributed by atoms with van der Waals surface area (Å²) in [7, 11) is 0. The van der Waals surface area contributed by atoms with Crippen molar-refractivity contribution < 1.29 is 14.6 Å². The Morgan fingerprint density at radius 1 is 1.69 bits per heavy atom. The summed E-state index contributed by atoms with van der Waals surface area (Å²) < 4.78 is 5.56. The van der Waals surface area contributed by atoms with Gasteiger partial charge >= 0.3 is 5.97 Å². The van der Waals surface area contributed by atoms with Crippen LogP contribution in [-0.4, -0.2) is 22.7 Å². The third-order valence-electron chi connectivity index (χ3n) is 2.65. The van der Waals surface area contributed by atoms with Gasteiger partial charge in [0, 0.05) is 11.5 Å². The first-order chi connectivity index (χ1) is 7.70. The summed E-state index contributed by atoms with van der Waals surface area (Å²) in [5, 5.41) is 9.76. The minimum Gasteiger partial charge on any atom is -0.481 e. The van der Waals surface area contributed by atoms with Crippen LogP contribution >= 0.6 is 11.3 Å². The summed E-state index contributed by atoms with van der Waals surface area (Å²) in [4.78, 5) is 16.1. The van der Waals surface area contributed by atoms with E-state index < -0.39 is 5.97 Å². The molecule has 0 amide bonds. The highest BCUT2D eigenvalue weighted by Gasteiger charge is 2.23. The van der Waals surface area contributed by atoms with Crippen molar-refractivity contribution in [3.8, 4) is 0 Å². The monoisotopic (exact) mass is 241 g/mol. The van der Waals surface area contributed by atoms with E-state index >= 15 is 0 Å². The molecular formula is C11H15NO3S. The average Bonchev–Trinajstić information content (AvgIpc) is 2.83. The number of carbonyl (C=O) groups is 1. The van der Waals surface area contributed by atoms with Crippen molar-refractivity contribution in [1.82, 2.24) is 4.98 Å². The average molecular weight is 241 g/mol. The number of ether oxygens (including phenoxy) is 1. The predicted octanol–water partition coefficient (Wildman–Crippen LogP) is 2.18. The molecule has 2 rings (SSSR count). The number of thiazole rings is 1. The summed E-state index contributed by atoms with van der Waals surface area (Å²) in [5.74, 6) is -0.794. The molecule has 1 aliphatic rings. The van der Waals surface area contributed by atoms with E-state index in [2.05, 4.69) is 4.98 Å². The Kier molecular flexibility index (Phi) is 3.56. The molecule has 1 aromatic rings. The topological polar surface area (TPSA) is 59.4 Å². The number of carboxylic acid groups (broad SMARTS) is 1. The van der Waals surface area contributed by atoms with Crippen molar-refractivity contribution in [2.24, 2.45) is 0 Å². The van der Waals surface area contributed by atoms with Gasteiger partial charge in [0.15, 0.2) is 0 Å². The molecule has 0 aliphatic carbocycles. The Labute approximate surface area is 98.3 Å². The van der Waals surface area contributed by atoms with Crippen molar-refractivity contribution in [3.63, 3.8) is 0 Å². The van der Waals surface area contributed by atoms with E-state index in [1.807, 2.05) is 6.92 Å². The lowest BCUT2D eigenvalue weighted by Crippen LogP contribution is -2.00. The standard InChI is InChI=1S/C11H15NO3S/c1-2-7-9(6-10(13)14)16-11(12-7)8-4-3-5-15-8/h8H,2-6H2,1H3,(H,13,14). The number of hydrogen-bond donors (Lipinski definition) is 1. The van der Waals surface area contributed by atoms with Gasteiger partial charge < -0.3 is 9.84 Å². The minimum atomic E-state index is -0.794. The summed E-state index contributed by atoms with van der Waals surface area (Å²) >= 11 is 1.49. The highest BCUT2D eigenvalue weighted by molar-refractivity contribution is 7.11. The van der Waals surface area contributed by atoms with Crippen molar-refractivity contribution in [1.29, 1.82) is 0 Å². The Balaban J connectivity index is 2.20. The van der Waals surface area contributed by atoms with Gasteiger partial charge in [0.25, 0.3) is 0 Å². The summed E-state index contributed by atoms with van der Waals surface area (Å²) in [6.45, 7) is 2.79. The maximum absolute atomic E-state index is 10.7. The van der Waals surface area contributed by atoms with Crippen LogP contribution in [0, 0.1) is 0 Å². The molecule has 1 saturated heterocycles. The van der Waals surface area contributed by atoms with Crippen LogP contribution in [0.5, 0.6) is 0 Å². The van der Waals surface area contributed by atoms with E-state index in [0.29, 0.717) is 0 Å². The lowest BCUT2D eigenvalue weighted by atomic mass is 10.2. The number of aryl methyl sites for hydroxylation is 1. The fourth-order valence-corrected chi connectivity index (χ4v) is 3.09. The molecule has 88 valence electrons. The lowest BCUT2D eigenvalue weighted by molar-refractivity contribution is -0.136. The van der Waals surface area contributed by atoms with Gasteiger partial charge in [0.1, 0.15) is 11.1 Å². The molecule has 1 atom stereocenters. The molecule has 5 heteroatoms. The van der Waals surface area contributed by atoms with Gasteiger partial charge in [-0.2, -0.15) is 0 Å². The van der Waals surface area contributed by atoms with Crippen LogP contribution in [0.1, 0.15) is 41.4 Å². The molecule has 1 aromatic heterocycles. The Hall–Kier alpha value is -0.940. The molecule has 1 unspecified atom stereocenters. The van der Waals surface area contributed by atoms with Gasteiger partial charge in [0.2, 0.25) is 0 Å². The van der Waals surface area contributed by atoms with E-state index in [4.69, 9.17) is 9.84 Å². The van der Waals surface area contributed by atoms with Crippen LogP contribution in [0.15, 0.2) is 0 Å². The Morgan fingerprint density at radius 3 is 3.06 bits per heavy atom. The van der Waals surface area contributed by atoms with Crippen LogP contribution < -0.4 is 0 Å². The Morgan fingerprint density at radius 2 is 2.50 bits per heavy atom. The normalized spacial score (nSPS) is 20.2. The molecule has 0 radical (unpaired) electrons. The maximum Gasteiger partial charge on any atom is 0.308 e. The fraction of sp³-hybridized carbons (Fsp3) is 0.636. The van der Waals surface area contributed by atoms with E-state index in [-0.39, 0.29) is 12.5 Å². The van der Waals surface area contributed by atoms with Crippen LogP contribution in [0.2, 0.25) is 0 Å². The zero-order valence-electron chi connectivity index (χ0n) is 9.23. The molecule has 4 nitrogen and oxygen atoms in total. The second-order valence-corrected chi connectivity index (χ2v) is 4.96. The lowest BCUT2D eigenvalue weighted by Gasteiger charge is -2.03. The van der Waals surface area contributed by atoms with E-state index in [0.717, 1.165) is 41.4 Å². The zero-order valence-corrected chi connectivity index (χ0v) is 10.0. The third-order valence-corrected chi connectivity index (χ3v) is 3.84. The first kappa shape index (κ1) is 11.5. The number of hydrogen-bond acceptors (Lipinski definition) is 4. The van der Waals surface area contributed by atoms with Crippen LogP contribution in [0.4, 0.5) is 0 Å². The Bertz CT molecular complexity index is 383. The second kappa shape index (κ2) is 4.93. The zero-order chi connectivity index (χ0) is 11.5. The second-order valence-electron chi connectivity index (χ2n) is 3.85. The van der Waals surface area contributed by atoms with Crippen LogP contribution in [0.25, 0.3) is 0 Å². The minimum absolute atomic E-state index is 0.0769. The fourth-order valence-electron chi connectivity index (χ4n) is 1.87. The van der Waals surface area contributed by atoms with E-state index in [9.17, 15) is 4.79 Å². The molecule has 0 bridgehead atoms. The number of aliphatic carboxylic acids is 1. The molecule has 1 N–H and O–H groups in total. The molecule has 0 saturated carbocycles. The first-order valence-corrected chi connectivity index (χ1v) is 6.34. The van der Waals surface area contributed by atoms with Crippen molar-refractivity contribution >= 4 is 17.3 Å². The molecule has 1 aliphatic heterocycles. The van der Waals surface area contributed by atoms with Crippen molar-refractivity contribution in [2.45, 2.75) is 38.7 Å². The third kappa shape index (κ3) is 2.41. The maximum atomic E-state index is 10.7. The van der Waals surface area contributed by atoms with Gasteiger partial charge in [-0.1, -0.05) is 6.92 Å². The molecule has 0 spiro atoms. The van der Waals surface area contributed by atoms with E-state index in [1.165, 1.54) is 11.3 Å². The quantitative estimate of drug-likeness (QED) is 0.877. The summed E-state index contributed by atoms with van der Waals surface area (Å²) in [5.41, 5.74) is 0.915. The van der Waals surface area contributed by atoms with Crippen molar-refractivity contribution in [2.75, 3.05) is 6.61 Å². The SMILES string of the molecule is CCc1nc(C2CCCO2)sc1CC(=O)O. The molecular weight excluding hydrogens is 226 g/mol. The highest BCUT2D eigenvalue weighted by atomic mass is 32.1. The molecule has 0 aromatic carbocycles. The number of nitrogens with zero attached hydrogens (tertiary/aromatic N) is 1. The van der Waals surface area contributed by atoms with Gasteiger partial charge in [-0.05, 0) is 19.3 Å². The van der Waals surface area contributed by atoms with Gasteiger partial charge in [-0.15, -0.1) is 11.3 Å². The molecule has 1 fully saturated rings. The van der Waals surface area contributed by atoms with Crippen LogP contribution in [-0.2, 0) is 22.4 Å². The predicted molar refractivity (Wildman–Crippen MR) is 60.8 cm³/mol. The largest absolute Gasteiger partial charge is 0.481 e. The number of carboxylic acids is 1. The van der Waals surface area contributed by atoms with Gasteiger partial charge in [0.05, 0.1) is 12.1 Å². The van der Waals surface area contributed by atoms with Crippen LogP contribution in [0.3, 0.4) is 0 Å². The van der Waals surface area contributed by atoms with Crippen molar-refractivity contribution in [3.05, 3.63) is 15.6 Å². The highest BCUT2D eigenvalue weighted by Crippen LogP contribution is 2.33. The van der Waals surface area contributed by atoms with Gasteiger partial charge in [-0.25, -0.2) is 4.98 Å². The van der Waals surface area contributed by atoms with E-state index in [1.54, 1.807) is 0 Å². The molecule has 16 heavy (non-hydrogen) atoms. The number of aromatic nitrogens is 1. The smallest absolute Gasteiger partial charge is 0.308 e. The van der Waals surface area contributed by atoms with Gasteiger partial charge in [-0.3, -0.25) is 4.79 Å². The molecule has 2 heterocycles. The summed E-state index contributed by atoms with van der Waals surface area (Å²) in [6, 6.07) is 0. The first-order valence-electron chi connectivity index (χ1n) is 5.52. The number of rotatable bonds is 4.